The third kappa shape index (κ3) is 4.29. The number of nitrogens with zero attached hydrogens (tertiary/aromatic N) is 2. The number of carbonyl (C=O) groups is 1. The fraction of sp³-hybridized carbons (Fsp3) is 0.231. The molecule has 1 amide bonds. The number of hydrazine groups is 1. The topological polar surface area (TPSA) is 53.9 Å². The van der Waals surface area contributed by atoms with Gasteiger partial charge in [-0.05, 0) is 61.4 Å². The van der Waals surface area contributed by atoms with E-state index in [0.29, 0.717) is 5.56 Å². The van der Waals surface area contributed by atoms with Gasteiger partial charge in [0, 0.05) is 39.6 Å². The molecule has 2 aliphatic heterocycles. The summed E-state index contributed by atoms with van der Waals surface area (Å²) in [7, 11) is 1.66. The molecule has 2 aliphatic rings. The molecule has 0 spiro atoms. The van der Waals surface area contributed by atoms with E-state index < -0.39 is 0 Å². The van der Waals surface area contributed by atoms with Crippen LogP contribution in [0.3, 0.4) is 0 Å². The van der Waals surface area contributed by atoms with Gasteiger partial charge in [0.2, 0.25) is 0 Å². The number of hydrogen-bond donors (Lipinski definition) is 1. The molecule has 5 nitrogen and oxygen atoms in total. The zero-order valence-electron chi connectivity index (χ0n) is 18.0. The summed E-state index contributed by atoms with van der Waals surface area (Å²) in [5.74, 6) is 0.727. The van der Waals surface area contributed by atoms with Crippen molar-refractivity contribution in [3.05, 3.63) is 83.4 Å². The first-order chi connectivity index (χ1) is 15.7. The van der Waals surface area contributed by atoms with Gasteiger partial charge in [0.1, 0.15) is 5.75 Å². The Hall–Kier alpha value is -3.09. The highest BCUT2D eigenvalue weighted by molar-refractivity contribution is 7.99. The number of nitrogens with one attached hydrogen (secondary N) is 1. The molecule has 3 aromatic carbocycles. The summed E-state index contributed by atoms with van der Waals surface area (Å²) >= 11 is 1.68. The lowest BCUT2D eigenvalue weighted by Gasteiger charge is -2.26. The Morgan fingerprint density at radius 1 is 0.969 bits per heavy atom. The Kier molecular flexibility index (Phi) is 5.97. The number of piperidine rings is 1. The number of ether oxygens (including phenoxy) is 1. The van der Waals surface area contributed by atoms with Crippen molar-refractivity contribution in [2.45, 2.75) is 29.1 Å². The van der Waals surface area contributed by atoms with Crippen molar-refractivity contribution in [2.75, 3.05) is 20.2 Å². The van der Waals surface area contributed by atoms with Gasteiger partial charge in [-0.3, -0.25) is 10.2 Å². The van der Waals surface area contributed by atoms with E-state index in [1.807, 2.05) is 59.6 Å². The van der Waals surface area contributed by atoms with Crippen LogP contribution < -0.4 is 10.2 Å². The molecule has 5 rings (SSSR count). The second-order valence-corrected chi connectivity index (χ2v) is 9.04. The fourth-order valence-electron chi connectivity index (χ4n) is 4.07. The number of fused-ring (bicyclic) bond motifs is 2. The summed E-state index contributed by atoms with van der Waals surface area (Å²) in [6.45, 7) is 1.81. The van der Waals surface area contributed by atoms with E-state index in [2.05, 4.69) is 17.6 Å². The highest BCUT2D eigenvalue weighted by Gasteiger charge is 2.21. The zero-order valence-corrected chi connectivity index (χ0v) is 18.8. The van der Waals surface area contributed by atoms with Crippen molar-refractivity contribution in [1.29, 1.82) is 0 Å². The Morgan fingerprint density at radius 2 is 1.75 bits per heavy atom. The van der Waals surface area contributed by atoms with E-state index >= 15 is 0 Å². The average Bonchev–Trinajstić information content (AvgIpc) is 3.01. The number of rotatable bonds is 4. The van der Waals surface area contributed by atoms with Crippen LogP contribution >= 0.6 is 11.8 Å². The molecular formula is C26H25N3O2S. The van der Waals surface area contributed by atoms with Crippen LogP contribution in [0, 0.1) is 0 Å². The van der Waals surface area contributed by atoms with Crippen molar-refractivity contribution in [3.8, 4) is 5.75 Å². The highest BCUT2D eigenvalue weighted by Crippen LogP contribution is 2.41. The molecule has 162 valence electrons. The van der Waals surface area contributed by atoms with Gasteiger partial charge < -0.3 is 4.74 Å². The van der Waals surface area contributed by atoms with Crippen molar-refractivity contribution >= 4 is 29.1 Å². The Morgan fingerprint density at radius 3 is 2.53 bits per heavy atom. The average molecular weight is 444 g/mol. The first-order valence-corrected chi connectivity index (χ1v) is 11.7. The van der Waals surface area contributed by atoms with Gasteiger partial charge in [-0.2, -0.15) is 0 Å². The third-order valence-electron chi connectivity index (χ3n) is 5.79. The quantitative estimate of drug-likeness (QED) is 0.455. The lowest BCUT2D eigenvalue weighted by Crippen LogP contribution is -2.45. The summed E-state index contributed by atoms with van der Waals surface area (Å²) in [5.41, 5.74) is 7.47. The SMILES string of the molecule is COc1ccc(C2=Nc3cc(C(=O)NN4CCCCC4)ccc3Sc3ccccc32)cc1. The minimum absolute atomic E-state index is 0.0809. The van der Waals surface area contributed by atoms with Gasteiger partial charge in [-0.25, -0.2) is 10.0 Å². The minimum atomic E-state index is -0.0809. The zero-order chi connectivity index (χ0) is 21.9. The smallest absolute Gasteiger partial charge is 0.265 e. The van der Waals surface area contributed by atoms with Crippen LogP contribution in [0.1, 0.15) is 40.7 Å². The maximum atomic E-state index is 12.9. The number of amides is 1. The van der Waals surface area contributed by atoms with Crippen LogP contribution in [0.2, 0.25) is 0 Å². The maximum absolute atomic E-state index is 12.9. The molecule has 0 unspecified atom stereocenters. The predicted octanol–water partition coefficient (Wildman–Crippen LogP) is 5.46. The minimum Gasteiger partial charge on any atom is -0.497 e. The molecule has 0 bridgehead atoms. The summed E-state index contributed by atoms with van der Waals surface area (Å²) in [4.78, 5) is 20.1. The number of hydrogen-bond acceptors (Lipinski definition) is 5. The second kappa shape index (κ2) is 9.18. The van der Waals surface area contributed by atoms with Crippen LogP contribution in [0.4, 0.5) is 5.69 Å². The number of aliphatic imine (C=N–C) groups is 1. The first kappa shape index (κ1) is 20.8. The van der Waals surface area contributed by atoms with Gasteiger partial charge in [0.15, 0.2) is 0 Å². The second-order valence-electron chi connectivity index (χ2n) is 7.96. The Bertz CT molecular complexity index is 1170. The van der Waals surface area contributed by atoms with Crippen LogP contribution in [-0.4, -0.2) is 36.8 Å². The summed E-state index contributed by atoms with van der Waals surface area (Å²) in [6.07, 6.45) is 3.47. The number of methoxy groups -OCH3 is 1. The normalized spacial score (nSPS) is 15.7. The number of carbonyl (C=O) groups excluding carboxylic acids is 1. The summed E-state index contributed by atoms with van der Waals surface area (Å²) in [5, 5.41) is 2.02. The molecular weight excluding hydrogens is 418 g/mol. The Labute approximate surface area is 192 Å². The van der Waals surface area contributed by atoms with Gasteiger partial charge in [-0.15, -0.1) is 0 Å². The molecule has 0 aliphatic carbocycles. The predicted molar refractivity (Wildman–Crippen MR) is 128 cm³/mol. The van der Waals surface area contributed by atoms with E-state index in [0.717, 1.165) is 64.0 Å². The molecule has 3 aromatic rings. The standard InChI is InChI=1S/C26H25N3O2S/c1-31-20-12-9-18(10-13-20)25-21-7-3-4-8-23(21)32-24-14-11-19(17-22(24)27-25)26(30)28-29-15-5-2-6-16-29/h3-4,7-14,17H,2,5-6,15-16H2,1H3,(H,28,30). The van der Waals surface area contributed by atoms with E-state index in [1.165, 1.54) is 6.42 Å². The maximum Gasteiger partial charge on any atom is 0.265 e. The molecule has 0 saturated carbocycles. The van der Waals surface area contributed by atoms with Gasteiger partial charge >= 0.3 is 0 Å². The molecule has 0 radical (unpaired) electrons. The van der Waals surface area contributed by atoms with E-state index in [9.17, 15) is 4.79 Å². The molecule has 2 heterocycles. The fourth-order valence-corrected chi connectivity index (χ4v) is 5.07. The molecule has 1 N–H and O–H groups in total. The summed E-state index contributed by atoms with van der Waals surface area (Å²) in [6, 6.07) is 22.0. The van der Waals surface area contributed by atoms with E-state index in [4.69, 9.17) is 9.73 Å². The molecule has 6 heteroatoms. The van der Waals surface area contributed by atoms with Crippen molar-refractivity contribution in [2.24, 2.45) is 4.99 Å². The third-order valence-corrected chi connectivity index (χ3v) is 6.94. The molecule has 0 aromatic heterocycles. The van der Waals surface area contributed by atoms with E-state index in [-0.39, 0.29) is 5.91 Å². The van der Waals surface area contributed by atoms with Gasteiger partial charge in [0.05, 0.1) is 18.5 Å². The van der Waals surface area contributed by atoms with Crippen molar-refractivity contribution in [3.63, 3.8) is 0 Å². The summed E-state index contributed by atoms with van der Waals surface area (Å²) < 4.78 is 5.32. The van der Waals surface area contributed by atoms with Crippen LogP contribution in [0.25, 0.3) is 0 Å². The molecule has 1 saturated heterocycles. The Balaban J connectivity index is 1.53. The molecule has 1 fully saturated rings. The first-order valence-electron chi connectivity index (χ1n) is 10.9. The highest BCUT2D eigenvalue weighted by atomic mass is 32.2. The lowest BCUT2D eigenvalue weighted by atomic mass is 10.0. The lowest BCUT2D eigenvalue weighted by molar-refractivity contribution is 0.0750. The van der Waals surface area contributed by atoms with Crippen molar-refractivity contribution < 1.29 is 9.53 Å². The van der Waals surface area contributed by atoms with Gasteiger partial charge in [0.25, 0.3) is 5.91 Å². The monoisotopic (exact) mass is 443 g/mol. The van der Waals surface area contributed by atoms with Crippen molar-refractivity contribution in [1.82, 2.24) is 10.4 Å². The van der Waals surface area contributed by atoms with E-state index in [1.54, 1.807) is 18.9 Å². The van der Waals surface area contributed by atoms with Crippen LogP contribution in [0.15, 0.2) is 81.5 Å². The van der Waals surface area contributed by atoms with Crippen LogP contribution in [-0.2, 0) is 0 Å². The largest absolute Gasteiger partial charge is 0.497 e. The number of benzene rings is 3. The van der Waals surface area contributed by atoms with Crippen LogP contribution in [0.5, 0.6) is 5.75 Å². The molecule has 0 atom stereocenters. The molecule has 32 heavy (non-hydrogen) atoms. The van der Waals surface area contributed by atoms with Gasteiger partial charge in [-0.1, -0.05) is 36.4 Å².